The summed E-state index contributed by atoms with van der Waals surface area (Å²) < 4.78 is 0. The lowest BCUT2D eigenvalue weighted by atomic mass is 9.74. The minimum atomic E-state index is 0.0442. The molecule has 1 fully saturated rings. The molecule has 0 unspecified atom stereocenters. The number of nitrogens with zero attached hydrogens (tertiary/aromatic N) is 2. The molecule has 6 nitrogen and oxygen atoms in total. The van der Waals surface area contributed by atoms with Gasteiger partial charge in [0.05, 0.1) is 0 Å². The van der Waals surface area contributed by atoms with Gasteiger partial charge >= 0.3 is 6.03 Å². The van der Waals surface area contributed by atoms with E-state index in [2.05, 4.69) is 34.5 Å². The van der Waals surface area contributed by atoms with Crippen LogP contribution in [0.4, 0.5) is 10.5 Å². The molecule has 1 aliphatic carbocycles. The van der Waals surface area contributed by atoms with Crippen molar-refractivity contribution in [1.82, 2.24) is 20.1 Å². The van der Waals surface area contributed by atoms with E-state index in [1.807, 2.05) is 24.8 Å². The molecule has 3 atom stereocenters. The van der Waals surface area contributed by atoms with Gasteiger partial charge in [-0.3, -0.25) is 0 Å². The predicted octanol–water partition coefficient (Wildman–Crippen LogP) is 2.51. The number of amides is 2. The Morgan fingerprint density at radius 1 is 1.38 bits per heavy atom. The number of nitrogens with two attached hydrogens (primary N) is 1. The monoisotopic (exact) mass is 355 g/mol. The number of fused-ring (bicyclic) bond motifs is 2. The van der Waals surface area contributed by atoms with E-state index >= 15 is 0 Å². The summed E-state index contributed by atoms with van der Waals surface area (Å²) in [6.45, 7) is 6.40. The van der Waals surface area contributed by atoms with Gasteiger partial charge in [-0.15, -0.1) is 0 Å². The number of aromatic amines is 1. The summed E-state index contributed by atoms with van der Waals surface area (Å²) in [7, 11) is 2.18. The van der Waals surface area contributed by atoms with Gasteiger partial charge in [-0.1, -0.05) is 0 Å². The SMILES string of the molecule is CCN(CC)C(=O)N[C@@H]1C[C@@H]2c3cc(N)cc4[nH]cc(c34)C[C@H]2N(C)C1. The lowest BCUT2D eigenvalue weighted by Gasteiger charge is -2.46. The molecule has 0 spiro atoms. The summed E-state index contributed by atoms with van der Waals surface area (Å²) >= 11 is 0. The van der Waals surface area contributed by atoms with Crippen LogP contribution in [0.3, 0.4) is 0 Å². The van der Waals surface area contributed by atoms with E-state index in [1.54, 1.807) is 0 Å². The zero-order valence-electron chi connectivity index (χ0n) is 15.9. The number of hydrogen-bond donors (Lipinski definition) is 3. The Morgan fingerprint density at radius 3 is 2.88 bits per heavy atom. The van der Waals surface area contributed by atoms with Gasteiger partial charge in [0, 0.05) is 60.4 Å². The quantitative estimate of drug-likeness (QED) is 0.741. The number of hydrogen-bond acceptors (Lipinski definition) is 3. The molecule has 6 heteroatoms. The molecule has 0 radical (unpaired) electrons. The van der Waals surface area contributed by atoms with Crippen molar-refractivity contribution in [2.24, 2.45) is 0 Å². The minimum Gasteiger partial charge on any atom is -0.399 e. The van der Waals surface area contributed by atoms with Crippen LogP contribution >= 0.6 is 0 Å². The zero-order valence-corrected chi connectivity index (χ0v) is 15.9. The molecule has 2 amide bonds. The maximum Gasteiger partial charge on any atom is 0.317 e. The highest BCUT2D eigenvalue weighted by molar-refractivity contribution is 5.91. The van der Waals surface area contributed by atoms with Crippen molar-refractivity contribution in [1.29, 1.82) is 0 Å². The third-order valence-corrected chi connectivity index (χ3v) is 6.20. The number of H-pyrrole nitrogens is 1. The number of urea groups is 1. The third-order valence-electron chi connectivity index (χ3n) is 6.20. The molecule has 4 rings (SSSR count). The van der Waals surface area contributed by atoms with Crippen molar-refractivity contribution in [3.63, 3.8) is 0 Å². The molecule has 26 heavy (non-hydrogen) atoms. The fourth-order valence-electron chi connectivity index (χ4n) is 4.92. The fourth-order valence-corrected chi connectivity index (χ4v) is 4.92. The Morgan fingerprint density at radius 2 is 2.15 bits per heavy atom. The maximum atomic E-state index is 12.5. The van der Waals surface area contributed by atoms with Crippen LogP contribution in [0, 0.1) is 0 Å². The summed E-state index contributed by atoms with van der Waals surface area (Å²) in [5, 5.41) is 4.59. The van der Waals surface area contributed by atoms with Crippen molar-refractivity contribution in [2.75, 3.05) is 32.4 Å². The Labute approximate surface area is 154 Å². The number of likely N-dealkylation sites (tertiary alicyclic amines) is 1. The molecule has 1 aliphatic heterocycles. The van der Waals surface area contributed by atoms with Crippen LogP contribution in [-0.2, 0) is 6.42 Å². The summed E-state index contributed by atoms with van der Waals surface area (Å²) in [5.41, 5.74) is 10.8. The fraction of sp³-hybridized carbons (Fsp3) is 0.550. The molecule has 2 aliphatic rings. The van der Waals surface area contributed by atoms with Gasteiger partial charge in [-0.25, -0.2) is 4.79 Å². The van der Waals surface area contributed by atoms with E-state index < -0.39 is 0 Å². The number of carbonyl (C=O) groups is 1. The Kier molecular flexibility index (Phi) is 4.31. The number of nitrogens with one attached hydrogen (secondary N) is 2. The Bertz CT molecular complexity index is 825. The van der Waals surface area contributed by atoms with E-state index in [9.17, 15) is 4.79 Å². The molecule has 0 saturated carbocycles. The van der Waals surface area contributed by atoms with Gasteiger partial charge in [0.2, 0.25) is 0 Å². The van der Waals surface area contributed by atoms with E-state index in [4.69, 9.17) is 5.73 Å². The first-order valence-corrected chi connectivity index (χ1v) is 9.66. The lowest BCUT2D eigenvalue weighted by Crippen LogP contribution is -2.56. The van der Waals surface area contributed by atoms with Crippen molar-refractivity contribution >= 4 is 22.6 Å². The molecule has 1 saturated heterocycles. The first-order chi connectivity index (χ1) is 12.5. The van der Waals surface area contributed by atoms with Gasteiger partial charge in [-0.05, 0) is 57.0 Å². The molecular weight excluding hydrogens is 326 g/mol. The van der Waals surface area contributed by atoms with Gasteiger partial charge in [0.1, 0.15) is 0 Å². The summed E-state index contributed by atoms with van der Waals surface area (Å²) in [5.74, 6) is 0.394. The van der Waals surface area contributed by atoms with Crippen molar-refractivity contribution in [2.45, 2.75) is 44.7 Å². The van der Waals surface area contributed by atoms with Crippen LogP contribution in [-0.4, -0.2) is 59.6 Å². The standard InChI is InChI=1S/C20H29N5O/c1-4-25(5-2)20(26)23-14-9-15-16-7-13(21)8-17-19(16)12(10-22-17)6-18(15)24(3)11-14/h7-8,10,14-15,18,22H,4-6,9,11,21H2,1-3H3,(H,23,26)/t14-,15-,18-/m1/s1. The van der Waals surface area contributed by atoms with Crippen molar-refractivity contribution < 1.29 is 4.79 Å². The second-order valence-electron chi connectivity index (χ2n) is 7.72. The van der Waals surface area contributed by atoms with Gasteiger partial charge in [0.25, 0.3) is 0 Å². The molecule has 2 aromatic rings. The van der Waals surface area contributed by atoms with E-state index in [0.717, 1.165) is 43.7 Å². The van der Waals surface area contributed by atoms with Crippen LogP contribution in [0.25, 0.3) is 10.9 Å². The molecule has 1 aromatic heterocycles. The van der Waals surface area contributed by atoms with Crippen molar-refractivity contribution in [3.8, 4) is 0 Å². The highest BCUT2D eigenvalue weighted by Gasteiger charge is 2.40. The minimum absolute atomic E-state index is 0.0442. The maximum absolute atomic E-state index is 12.5. The number of benzene rings is 1. The number of likely N-dealkylation sites (N-methyl/N-ethyl adjacent to an activating group) is 1. The second-order valence-corrected chi connectivity index (χ2v) is 7.72. The third kappa shape index (κ3) is 2.72. The van der Waals surface area contributed by atoms with Gasteiger partial charge in [-0.2, -0.15) is 0 Å². The van der Waals surface area contributed by atoms with Gasteiger partial charge < -0.3 is 25.8 Å². The molecule has 0 bridgehead atoms. The first kappa shape index (κ1) is 17.2. The average Bonchev–Trinajstić information content (AvgIpc) is 3.00. The van der Waals surface area contributed by atoms with Crippen LogP contribution < -0.4 is 11.1 Å². The molecule has 2 heterocycles. The largest absolute Gasteiger partial charge is 0.399 e. The van der Waals surface area contributed by atoms with E-state index in [-0.39, 0.29) is 12.1 Å². The average molecular weight is 355 g/mol. The molecule has 140 valence electrons. The number of aromatic nitrogens is 1. The number of carbonyl (C=O) groups excluding carboxylic acids is 1. The normalized spacial score (nSPS) is 25.1. The summed E-state index contributed by atoms with van der Waals surface area (Å²) in [6.07, 6.45) is 4.14. The lowest BCUT2D eigenvalue weighted by molar-refractivity contribution is 0.124. The first-order valence-electron chi connectivity index (χ1n) is 9.66. The molecule has 1 aromatic carbocycles. The molecule has 4 N–H and O–H groups in total. The van der Waals surface area contributed by atoms with Crippen LogP contribution in [0.1, 0.15) is 37.3 Å². The van der Waals surface area contributed by atoms with E-state index in [0.29, 0.717) is 12.0 Å². The highest BCUT2D eigenvalue weighted by Crippen LogP contribution is 2.43. The summed E-state index contributed by atoms with van der Waals surface area (Å²) in [4.78, 5) is 20.1. The topological polar surface area (TPSA) is 77.4 Å². The number of anilines is 1. The number of nitrogen functional groups attached to an aromatic ring is 1. The zero-order chi connectivity index (χ0) is 18.4. The highest BCUT2D eigenvalue weighted by atomic mass is 16.2. The van der Waals surface area contributed by atoms with Crippen LogP contribution in [0.15, 0.2) is 18.3 Å². The van der Waals surface area contributed by atoms with Crippen molar-refractivity contribution in [3.05, 3.63) is 29.5 Å². The Hall–Kier alpha value is -2.21. The summed E-state index contributed by atoms with van der Waals surface area (Å²) in [6, 6.07) is 4.83. The van der Waals surface area contributed by atoms with Crippen LogP contribution in [0.2, 0.25) is 0 Å². The molecular formula is C20H29N5O. The number of piperidine rings is 1. The Balaban J connectivity index is 1.63. The second kappa shape index (κ2) is 6.50. The van der Waals surface area contributed by atoms with Crippen LogP contribution in [0.5, 0.6) is 0 Å². The van der Waals surface area contributed by atoms with E-state index in [1.165, 1.54) is 16.5 Å². The smallest absolute Gasteiger partial charge is 0.317 e. The predicted molar refractivity (Wildman–Crippen MR) is 105 cm³/mol. The van der Waals surface area contributed by atoms with Gasteiger partial charge in [0.15, 0.2) is 0 Å². The number of rotatable bonds is 3.